The maximum absolute atomic E-state index is 14.1. The highest BCUT2D eigenvalue weighted by atomic mass is 32.2. The molecule has 3 aromatic rings. The van der Waals surface area contributed by atoms with Crippen molar-refractivity contribution in [3.8, 4) is 11.5 Å². The van der Waals surface area contributed by atoms with Crippen LogP contribution in [0.3, 0.4) is 0 Å². The predicted octanol–water partition coefficient (Wildman–Crippen LogP) is 4.23. The number of carbonyl (C=O) groups is 2. The minimum atomic E-state index is -4.13. The van der Waals surface area contributed by atoms with Gasteiger partial charge in [-0.05, 0) is 74.4 Å². The third kappa shape index (κ3) is 7.53. The summed E-state index contributed by atoms with van der Waals surface area (Å²) in [5, 5.41) is 2.89. The average Bonchev–Trinajstić information content (AvgIpc) is 2.95. The van der Waals surface area contributed by atoms with Gasteiger partial charge in [0, 0.05) is 12.6 Å². The standard InChI is InChI=1S/C30H37N3O6S/c1-6-28(30(35)31-22(2)3)32(20-23-11-10-12-26(19-23)39-5)29(34)21-33(24-15-17-25(38-4)18-16-24)40(36,37)27-13-8-7-9-14-27/h7-19,22,28H,6,20-21H2,1-5H3,(H,31,35)/t28-/m1/s1. The molecule has 0 spiro atoms. The van der Waals surface area contributed by atoms with E-state index < -0.39 is 28.5 Å². The number of methoxy groups -OCH3 is 2. The molecule has 40 heavy (non-hydrogen) atoms. The fourth-order valence-electron chi connectivity index (χ4n) is 4.26. The summed E-state index contributed by atoms with van der Waals surface area (Å²) in [7, 11) is -1.07. The first-order valence-corrected chi connectivity index (χ1v) is 14.5. The van der Waals surface area contributed by atoms with Gasteiger partial charge in [-0.25, -0.2) is 8.42 Å². The third-order valence-corrected chi connectivity index (χ3v) is 8.06. The molecule has 10 heteroatoms. The molecule has 0 aliphatic carbocycles. The Labute approximate surface area is 236 Å². The molecule has 1 N–H and O–H groups in total. The zero-order valence-corrected chi connectivity index (χ0v) is 24.4. The van der Waals surface area contributed by atoms with Gasteiger partial charge in [-0.3, -0.25) is 13.9 Å². The Bertz CT molecular complexity index is 1380. The molecule has 3 rings (SSSR count). The van der Waals surface area contributed by atoms with E-state index in [0.29, 0.717) is 23.6 Å². The molecule has 214 valence electrons. The Kier molecular flexibility index (Phi) is 10.6. The Morgan fingerprint density at radius 3 is 2.10 bits per heavy atom. The Morgan fingerprint density at radius 1 is 0.875 bits per heavy atom. The van der Waals surface area contributed by atoms with Crippen LogP contribution in [-0.4, -0.2) is 58.0 Å². The lowest BCUT2D eigenvalue weighted by Gasteiger charge is -2.33. The number of amides is 2. The van der Waals surface area contributed by atoms with Crippen LogP contribution in [0.4, 0.5) is 5.69 Å². The van der Waals surface area contributed by atoms with Gasteiger partial charge in [-0.1, -0.05) is 37.3 Å². The van der Waals surface area contributed by atoms with Crippen LogP contribution < -0.4 is 19.1 Å². The largest absolute Gasteiger partial charge is 0.497 e. The molecule has 0 radical (unpaired) electrons. The van der Waals surface area contributed by atoms with Crippen molar-refractivity contribution in [2.24, 2.45) is 0 Å². The van der Waals surface area contributed by atoms with Crippen LogP contribution in [0.25, 0.3) is 0 Å². The fourth-order valence-corrected chi connectivity index (χ4v) is 5.70. The molecule has 3 aromatic carbocycles. The quantitative estimate of drug-likeness (QED) is 0.332. The first kappa shape index (κ1) is 30.5. The number of rotatable bonds is 13. The number of ether oxygens (including phenoxy) is 2. The summed E-state index contributed by atoms with van der Waals surface area (Å²) in [4.78, 5) is 28.8. The SMILES string of the molecule is CC[C@H](C(=O)NC(C)C)N(Cc1cccc(OC)c1)C(=O)CN(c1ccc(OC)cc1)S(=O)(=O)c1ccccc1. The van der Waals surface area contributed by atoms with Gasteiger partial charge in [-0.15, -0.1) is 0 Å². The number of carbonyl (C=O) groups excluding carboxylic acids is 2. The number of nitrogens with one attached hydrogen (secondary N) is 1. The second-order valence-corrected chi connectivity index (χ2v) is 11.3. The van der Waals surface area contributed by atoms with E-state index in [1.807, 2.05) is 26.8 Å². The van der Waals surface area contributed by atoms with Crippen LogP contribution >= 0.6 is 0 Å². The summed E-state index contributed by atoms with van der Waals surface area (Å²) in [5.41, 5.74) is 1.03. The lowest BCUT2D eigenvalue weighted by molar-refractivity contribution is -0.140. The van der Waals surface area contributed by atoms with Crippen LogP contribution in [-0.2, 0) is 26.2 Å². The maximum atomic E-state index is 14.1. The fraction of sp³-hybridized carbons (Fsp3) is 0.333. The number of benzene rings is 3. The zero-order chi connectivity index (χ0) is 29.3. The van der Waals surface area contributed by atoms with Gasteiger partial charge < -0.3 is 19.7 Å². The molecule has 2 amide bonds. The monoisotopic (exact) mass is 567 g/mol. The number of sulfonamides is 1. The van der Waals surface area contributed by atoms with Crippen molar-refractivity contribution in [2.45, 2.75) is 50.7 Å². The molecule has 0 aromatic heterocycles. The molecular weight excluding hydrogens is 530 g/mol. The van der Waals surface area contributed by atoms with Gasteiger partial charge in [0.05, 0.1) is 24.8 Å². The number of hydrogen-bond donors (Lipinski definition) is 1. The molecule has 9 nitrogen and oxygen atoms in total. The minimum Gasteiger partial charge on any atom is -0.497 e. The molecule has 0 fully saturated rings. The van der Waals surface area contributed by atoms with E-state index in [1.54, 1.807) is 67.8 Å². The van der Waals surface area contributed by atoms with Gasteiger partial charge in [0.25, 0.3) is 10.0 Å². The summed E-state index contributed by atoms with van der Waals surface area (Å²) in [5.74, 6) is 0.318. The Balaban J connectivity index is 2.06. The number of anilines is 1. The number of hydrogen-bond acceptors (Lipinski definition) is 6. The van der Waals surface area contributed by atoms with E-state index in [9.17, 15) is 18.0 Å². The highest BCUT2D eigenvalue weighted by Gasteiger charge is 2.33. The van der Waals surface area contributed by atoms with Crippen molar-refractivity contribution >= 4 is 27.5 Å². The molecule has 0 saturated carbocycles. The molecule has 0 saturated heterocycles. The first-order valence-electron chi connectivity index (χ1n) is 13.0. The summed E-state index contributed by atoms with van der Waals surface area (Å²) in [6.45, 7) is 5.08. The van der Waals surface area contributed by atoms with Crippen LogP contribution in [0.1, 0.15) is 32.8 Å². The second-order valence-electron chi connectivity index (χ2n) is 9.48. The van der Waals surface area contributed by atoms with Crippen molar-refractivity contribution < 1.29 is 27.5 Å². The van der Waals surface area contributed by atoms with Gasteiger partial charge in [0.1, 0.15) is 24.1 Å². The van der Waals surface area contributed by atoms with Crippen molar-refractivity contribution in [3.63, 3.8) is 0 Å². The van der Waals surface area contributed by atoms with Crippen LogP contribution in [0.15, 0.2) is 83.8 Å². The van der Waals surface area contributed by atoms with Crippen molar-refractivity contribution in [1.29, 1.82) is 0 Å². The molecule has 0 unspecified atom stereocenters. The Hall–Kier alpha value is -4.05. The van der Waals surface area contributed by atoms with E-state index in [0.717, 1.165) is 9.87 Å². The molecule has 0 heterocycles. The van der Waals surface area contributed by atoms with Crippen molar-refractivity contribution in [2.75, 3.05) is 25.1 Å². The summed E-state index contributed by atoms with van der Waals surface area (Å²) in [6, 6.07) is 20.6. The molecular formula is C30H37N3O6S. The summed E-state index contributed by atoms with van der Waals surface area (Å²) < 4.78 is 39.3. The van der Waals surface area contributed by atoms with E-state index in [4.69, 9.17) is 9.47 Å². The smallest absolute Gasteiger partial charge is 0.264 e. The molecule has 1 atom stereocenters. The van der Waals surface area contributed by atoms with Gasteiger partial charge in [-0.2, -0.15) is 0 Å². The van der Waals surface area contributed by atoms with Crippen LogP contribution in [0.2, 0.25) is 0 Å². The van der Waals surface area contributed by atoms with E-state index in [2.05, 4.69) is 5.32 Å². The van der Waals surface area contributed by atoms with Crippen LogP contribution in [0, 0.1) is 0 Å². The molecule has 0 bridgehead atoms. The van der Waals surface area contributed by atoms with Crippen molar-refractivity contribution in [3.05, 3.63) is 84.4 Å². The lowest BCUT2D eigenvalue weighted by atomic mass is 10.1. The second kappa shape index (κ2) is 13.8. The minimum absolute atomic E-state index is 0.0440. The highest BCUT2D eigenvalue weighted by molar-refractivity contribution is 7.92. The van der Waals surface area contributed by atoms with Gasteiger partial charge >= 0.3 is 0 Å². The summed E-state index contributed by atoms with van der Waals surface area (Å²) in [6.07, 6.45) is 0.336. The Morgan fingerprint density at radius 2 is 1.52 bits per heavy atom. The molecule has 0 aliphatic heterocycles. The third-order valence-electron chi connectivity index (χ3n) is 6.27. The molecule has 0 aliphatic rings. The first-order chi connectivity index (χ1) is 19.1. The zero-order valence-electron chi connectivity index (χ0n) is 23.5. The summed E-state index contributed by atoms with van der Waals surface area (Å²) >= 11 is 0. The topological polar surface area (TPSA) is 105 Å². The van der Waals surface area contributed by atoms with Crippen molar-refractivity contribution in [1.82, 2.24) is 10.2 Å². The van der Waals surface area contributed by atoms with Crippen LogP contribution in [0.5, 0.6) is 11.5 Å². The van der Waals surface area contributed by atoms with Gasteiger partial charge in [0.2, 0.25) is 11.8 Å². The predicted molar refractivity (Wildman–Crippen MR) is 155 cm³/mol. The van der Waals surface area contributed by atoms with Gasteiger partial charge in [0.15, 0.2) is 0 Å². The maximum Gasteiger partial charge on any atom is 0.264 e. The number of nitrogens with zero attached hydrogens (tertiary/aromatic N) is 2. The van der Waals surface area contributed by atoms with E-state index in [1.165, 1.54) is 24.1 Å². The van der Waals surface area contributed by atoms with E-state index >= 15 is 0 Å². The average molecular weight is 568 g/mol. The highest BCUT2D eigenvalue weighted by Crippen LogP contribution is 2.27. The van der Waals surface area contributed by atoms with E-state index in [-0.39, 0.29) is 23.4 Å². The lowest BCUT2D eigenvalue weighted by Crippen LogP contribution is -2.53. The normalized spacial score (nSPS) is 11.9.